The van der Waals surface area contributed by atoms with Gasteiger partial charge in [-0.15, -0.1) is 0 Å². The van der Waals surface area contributed by atoms with Gasteiger partial charge in [0, 0.05) is 17.3 Å². The summed E-state index contributed by atoms with van der Waals surface area (Å²) in [6.07, 6.45) is 1.73. The third kappa shape index (κ3) is 1.78. The lowest BCUT2D eigenvalue weighted by atomic mass is 10.1. The summed E-state index contributed by atoms with van der Waals surface area (Å²) in [5, 5.41) is 9.28. The van der Waals surface area contributed by atoms with Gasteiger partial charge in [0.2, 0.25) is 0 Å². The van der Waals surface area contributed by atoms with Gasteiger partial charge >= 0.3 is 5.97 Å². The number of nitrogens with zero attached hydrogens (tertiary/aromatic N) is 1. The van der Waals surface area contributed by atoms with Gasteiger partial charge < -0.3 is 9.51 Å². The van der Waals surface area contributed by atoms with Crippen molar-refractivity contribution in [3.8, 4) is 11.3 Å². The molecular weight excluding hydrogens is 245 g/mol. The average molecular weight is 255 g/mol. The number of pyridine rings is 1. The Balaban J connectivity index is 2.42. The van der Waals surface area contributed by atoms with Crippen LogP contribution in [-0.2, 0) is 0 Å². The van der Waals surface area contributed by atoms with Crippen LogP contribution in [0.3, 0.4) is 0 Å². The molecule has 1 N–H and O–H groups in total. The predicted molar refractivity (Wildman–Crippen MR) is 69.8 cm³/mol. The van der Waals surface area contributed by atoms with E-state index in [4.69, 9.17) is 0 Å². The van der Waals surface area contributed by atoms with E-state index in [1.807, 2.05) is 6.07 Å². The van der Waals surface area contributed by atoms with Gasteiger partial charge in [-0.25, -0.2) is 9.18 Å². The number of carboxylic acids is 1. The number of benzene rings is 1. The van der Waals surface area contributed by atoms with Crippen LogP contribution in [0.25, 0.3) is 16.8 Å². The zero-order chi connectivity index (χ0) is 13.4. The van der Waals surface area contributed by atoms with Crippen LogP contribution in [0.15, 0.2) is 54.7 Å². The van der Waals surface area contributed by atoms with Gasteiger partial charge in [0.15, 0.2) is 0 Å². The molecule has 1 aromatic carbocycles. The predicted octanol–water partition coefficient (Wildman–Crippen LogP) is 3.44. The molecular formula is C15H10FNO2. The molecule has 2 aromatic heterocycles. The van der Waals surface area contributed by atoms with Crippen LogP contribution in [0.1, 0.15) is 10.4 Å². The maximum Gasteiger partial charge on any atom is 0.337 e. The number of aromatic nitrogens is 1. The van der Waals surface area contributed by atoms with Gasteiger partial charge in [0.05, 0.1) is 11.3 Å². The first kappa shape index (κ1) is 11.5. The Morgan fingerprint density at radius 2 is 1.84 bits per heavy atom. The second kappa shape index (κ2) is 4.24. The summed E-state index contributed by atoms with van der Waals surface area (Å²) in [6.45, 7) is 0. The minimum Gasteiger partial charge on any atom is -0.478 e. The minimum absolute atomic E-state index is 0.0938. The fraction of sp³-hybridized carbons (Fsp3) is 0. The van der Waals surface area contributed by atoms with Gasteiger partial charge in [-0.05, 0) is 30.3 Å². The van der Waals surface area contributed by atoms with Crippen molar-refractivity contribution in [3.05, 3.63) is 66.1 Å². The molecule has 0 spiro atoms. The highest BCUT2D eigenvalue weighted by Gasteiger charge is 2.19. The minimum atomic E-state index is -1.07. The Hall–Kier alpha value is -2.62. The fourth-order valence-electron chi connectivity index (χ4n) is 2.21. The van der Waals surface area contributed by atoms with E-state index < -0.39 is 11.8 Å². The number of aromatic carboxylic acids is 1. The maximum atomic E-state index is 13.9. The van der Waals surface area contributed by atoms with E-state index in [1.165, 1.54) is 6.07 Å². The zero-order valence-corrected chi connectivity index (χ0v) is 9.88. The Bertz CT molecular complexity index is 777. The Labute approximate surface area is 108 Å². The van der Waals surface area contributed by atoms with Gasteiger partial charge in [0.1, 0.15) is 5.82 Å². The number of fused-ring (bicyclic) bond motifs is 1. The number of halogens is 1. The van der Waals surface area contributed by atoms with E-state index in [0.29, 0.717) is 5.69 Å². The molecule has 0 aliphatic heterocycles. The molecule has 94 valence electrons. The molecule has 0 saturated carbocycles. The summed E-state index contributed by atoms with van der Waals surface area (Å²) in [4.78, 5) is 11.3. The van der Waals surface area contributed by atoms with Gasteiger partial charge in [0.25, 0.3) is 0 Å². The second-order valence-corrected chi connectivity index (χ2v) is 4.19. The van der Waals surface area contributed by atoms with Crippen LogP contribution in [0.2, 0.25) is 0 Å². The van der Waals surface area contributed by atoms with E-state index in [2.05, 4.69) is 0 Å². The third-order valence-electron chi connectivity index (χ3n) is 3.04. The molecule has 0 radical (unpaired) electrons. The molecule has 0 bridgehead atoms. The lowest BCUT2D eigenvalue weighted by Gasteiger charge is -2.06. The number of rotatable bonds is 2. The van der Waals surface area contributed by atoms with E-state index >= 15 is 0 Å². The van der Waals surface area contributed by atoms with E-state index in [1.54, 1.807) is 47.0 Å². The molecule has 2 heterocycles. The molecule has 0 amide bonds. The Morgan fingerprint density at radius 1 is 1.11 bits per heavy atom. The van der Waals surface area contributed by atoms with Crippen LogP contribution in [-0.4, -0.2) is 15.5 Å². The molecule has 0 atom stereocenters. The standard InChI is InChI=1S/C15H10FNO2/c16-13-7-2-1-6-11(13)14-12(15(18)19)9-10-5-3-4-8-17(10)14/h1-9H,(H,18,19). The number of hydrogen-bond donors (Lipinski definition) is 1. The fourth-order valence-corrected chi connectivity index (χ4v) is 2.21. The van der Waals surface area contributed by atoms with Crippen molar-refractivity contribution in [2.75, 3.05) is 0 Å². The molecule has 0 aliphatic rings. The molecule has 0 aliphatic carbocycles. The average Bonchev–Trinajstić information content (AvgIpc) is 2.79. The highest BCUT2D eigenvalue weighted by molar-refractivity contribution is 5.97. The van der Waals surface area contributed by atoms with Crippen LogP contribution in [0.4, 0.5) is 4.39 Å². The molecule has 0 unspecified atom stereocenters. The first-order valence-corrected chi connectivity index (χ1v) is 5.77. The monoisotopic (exact) mass is 255 g/mol. The molecule has 0 saturated heterocycles. The first-order chi connectivity index (χ1) is 9.18. The maximum absolute atomic E-state index is 13.9. The lowest BCUT2D eigenvalue weighted by molar-refractivity contribution is 0.0698. The van der Waals surface area contributed by atoms with Crippen molar-refractivity contribution < 1.29 is 14.3 Å². The normalized spacial score (nSPS) is 10.8. The quantitative estimate of drug-likeness (QED) is 0.762. The van der Waals surface area contributed by atoms with Crippen LogP contribution in [0, 0.1) is 5.82 Å². The van der Waals surface area contributed by atoms with Crippen molar-refractivity contribution in [2.24, 2.45) is 0 Å². The molecule has 3 nitrogen and oxygen atoms in total. The molecule has 3 rings (SSSR count). The largest absolute Gasteiger partial charge is 0.478 e. The lowest BCUT2D eigenvalue weighted by Crippen LogP contribution is -1.99. The molecule has 3 aromatic rings. The first-order valence-electron chi connectivity index (χ1n) is 5.77. The van der Waals surface area contributed by atoms with Gasteiger partial charge in [-0.3, -0.25) is 0 Å². The Morgan fingerprint density at radius 3 is 2.58 bits per heavy atom. The van der Waals surface area contributed by atoms with Crippen molar-refractivity contribution in [1.29, 1.82) is 0 Å². The summed E-state index contributed by atoms with van der Waals surface area (Å²) in [5.41, 5.74) is 1.46. The molecule has 4 heteroatoms. The molecule has 19 heavy (non-hydrogen) atoms. The van der Waals surface area contributed by atoms with Crippen LogP contribution >= 0.6 is 0 Å². The number of carbonyl (C=O) groups is 1. The van der Waals surface area contributed by atoms with E-state index in [-0.39, 0.29) is 11.1 Å². The van der Waals surface area contributed by atoms with Gasteiger partial charge in [-0.2, -0.15) is 0 Å². The highest BCUT2D eigenvalue weighted by atomic mass is 19.1. The summed E-state index contributed by atoms with van der Waals surface area (Å²) in [6, 6.07) is 13.1. The topological polar surface area (TPSA) is 41.7 Å². The Kier molecular flexibility index (Phi) is 2.56. The number of carboxylic acid groups (broad SMARTS) is 1. The summed E-state index contributed by atoms with van der Waals surface area (Å²) >= 11 is 0. The highest BCUT2D eigenvalue weighted by Crippen LogP contribution is 2.29. The molecule has 0 fully saturated rings. The van der Waals surface area contributed by atoms with Crippen molar-refractivity contribution >= 4 is 11.5 Å². The van der Waals surface area contributed by atoms with E-state index in [9.17, 15) is 14.3 Å². The van der Waals surface area contributed by atoms with Crippen molar-refractivity contribution in [1.82, 2.24) is 4.40 Å². The van der Waals surface area contributed by atoms with Gasteiger partial charge in [-0.1, -0.05) is 18.2 Å². The second-order valence-electron chi connectivity index (χ2n) is 4.19. The van der Waals surface area contributed by atoms with Crippen molar-refractivity contribution in [2.45, 2.75) is 0 Å². The third-order valence-corrected chi connectivity index (χ3v) is 3.04. The summed E-state index contributed by atoms with van der Waals surface area (Å²) in [7, 11) is 0. The smallest absolute Gasteiger partial charge is 0.337 e. The summed E-state index contributed by atoms with van der Waals surface area (Å²) < 4.78 is 15.6. The SMILES string of the molecule is O=C(O)c1cc2ccccn2c1-c1ccccc1F. The van der Waals surface area contributed by atoms with Crippen LogP contribution in [0.5, 0.6) is 0 Å². The van der Waals surface area contributed by atoms with E-state index in [0.717, 1.165) is 5.52 Å². The zero-order valence-electron chi connectivity index (χ0n) is 9.88. The van der Waals surface area contributed by atoms with Crippen LogP contribution < -0.4 is 0 Å². The van der Waals surface area contributed by atoms with Crippen molar-refractivity contribution in [3.63, 3.8) is 0 Å². The number of hydrogen-bond acceptors (Lipinski definition) is 1. The summed E-state index contributed by atoms with van der Waals surface area (Å²) in [5.74, 6) is -1.50.